The average molecular weight is 368 g/mol. The number of para-hydroxylation sites is 1. The Balaban J connectivity index is 1.36. The summed E-state index contributed by atoms with van der Waals surface area (Å²) in [6.07, 6.45) is 8.60. The fourth-order valence-corrected chi connectivity index (χ4v) is 4.34. The smallest absolute Gasteiger partial charge is 0.271 e. The highest BCUT2D eigenvalue weighted by Crippen LogP contribution is 2.24. The molecule has 6 nitrogen and oxygen atoms in total. The maximum absolute atomic E-state index is 13.0. The molecule has 27 heavy (non-hydrogen) atoms. The topological polar surface area (TPSA) is 55.9 Å². The van der Waals surface area contributed by atoms with Gasteiger partial charge in [-0.2, -0.15) is 0 Å². The lowest BCUT2D eigenvalue weighted by Crippen LogP contribution is -2.55. The first-order valence-electron chi connectivity index (χ1n) is 10.1. The molecule has 1 N–H and O–H groups in total. The normalized spacial score (nSPS) is 22.4. The highest BCUT2D eigenvalue weighted by atomic mass is 16.2. The molecule has 1 aromatic rings. The van der Waals surface area contributed by atoms with Crippen LogP contribution in [-0.2, 0) is 9.59 Å². The van der Waals surface area contributed by atoms with Gasteiger partial charge in [0.15, 0.2) is 0 Å². The van der Waals surface area contributed by atoms with E-state index in [9.17, 15) is 9.59 Å². The third kappa shape index (κ3) is 4.00. The van der Waals surface area contributed by atoms with Gasteiger partial charge in [0.25, 0.3) is 5.91 Å². The van der Waals surface area contributed by atoms with Gasteiger partial charge in [-0.3, -0.25) is 19.9 Å². The second kappa shape index (κ2) is 8.13. The van der Waals surface area contributed by atoms with Crippen molar-refractivity contribution >= 4 is 17.5 Å². The highest BCUT2D eigenvalue weighted by Gasteiger charge is 2.30. The molecule has 144 valence electrons. The van der Waals surface area contributed by atoms with Crippen molar-refractivity contribution in [3.8, 4) is 0 Å². The van der Waals surface area contributed by atoms with E-state index in [1.54, 1.807) is 6.08 Å². The van der Waals surface area contributed by atoms with Crippen LogP contribution in [0.15, 0.2) is 42.1 Å². The van der Waals surface area contributed by atoms with Gasteiger partial charge in [-0.05, 0) is 31.1 Å². The summed E-state index contributed by atoms with van der Waals surface area (Å²) in [6.45, 7) is 3.41. The Morgan fingerprint density at radius 2 is 1.67 bits per heavy atom. The van der Waals surface area contributed by atoms with Crippen LogP contribution in [0.25, 0.3) is 0 Å². The molecule has 4 rings (SSSR count). The molecular weight excluding hydrogens is 340 g/mol. The Kier molecular flexibility index (Phi) is 5.43. The van der Waals surface area contributed by atoms with E-state index in [-0.39, 0.29) is 18.2 Å². The van der Waals surface area contributed by atoms with E-state index < -0.39 is 0 Å². The Bertz CT molecular complexity index is 704. The van der Waals surface area contributed by atoms with Gasteiger partial charge in [-0.25, -0.2) is 5.01 Å². The Morgan fingerprint density at radius 1 is 0.963 bits per heavy atom. The van der Waals surface area contributed by atoms with E-state index in [1.165, 1.54) is 37.1 Å². The largest absolute Gasteiger partial charge is 0.335 e. The molecular formula is C21H28N4O2. The van der Waals surface area contributed by atoms with Gasteiger partial charge < -0.3 is 4.90 Å². The van der Waals surface area contributed by atoms with Crippen LogP contribution in [-0.4, -0.2) is 53.8 Å². The van der Waals surface area contributed by atoms with Crippen molar-refractivity contribution in [1.82, 2.24) is 15.2 Å². The molecule has 1 saturated heterocycles. The minimum absolute atomic E-state index is 0.00766. The number of anilines is 1. The molecule has 1 saturated carbocycles. The monoisotopic (exact) mass is 368 g/mol. The summed E-state index contributed by atoms with van der Waals surface area (Å²) in [7, 11) is 0. The molecule has 1 aliphatic carbocycles. The lowest BCUT2D eigenvalue weighted by Gasteiger charge is -2.41. The number of nitrogens with zero attached hydrogens (tertiary/aromatic N) is 3. The molecule has 2 fully saturated rings. The van der Waals surface area contributed by atoms with Crippen molar-refractivity contribution in [3.63, 3.8) is 0 Å². The molecule has 0 atom stereocenters. The van der Waals surface area contributed by atoms with Gasteiger partial charge in [-0.1, -0.05) is 37.5 Å². The quantitative estimate of drug-likeness (QED) is 0.889. The van der Waals surface area contributed by atoms with E-state index in [0.717, 1.165) is 31.9 Å². The van der Waals surface area contributed by atoms with Crippen molar-refractivity contribution in [2.45, 2.75) is 44.6 Å². The lowest BCUT2D eigenvalue weighted by atomic mass is 9.94. The van der Waals surface area contributed by atoms with E-state index in [4.69, 9.17) is 0 Å². The number of hydrogen-bond donors (Lipinski definition) is 1. The van der Waals surface area contributed by atoms with E-state index >= 15 is 0 Å². The molecule has 0 radical (unpaired) electrons. The predicted octanol–water partition coefficient (Wildman–Crippen LogP) is 2.29. The van der Waals surface area contributed by atoms with Gasteiger partial charge in [0, 0.05) is 38.6 Å². The van der Waals surface area contributed by atoms with Crippen molar-refractivity contribution in [1.29, 1.82) is 0 Å². The molecule has 0 aromatic heterocycles. The van der Waals surface area contributed by atoms with Crippen molar-refractivity contribution in [2.24, 2.45) is 0 Å². The molecule has 2 aliphatic heterocycles. The van der Waals surface area contributed by atoms with E-state index in [2.05, 4.69) is 10.3 Å². The fourth-order valence-electron chi connectivity index (χ4n) is 4.34. The van der Waals surface area contributed by atoms with E-state index in [0.29, 0.717) is 11.7 Å². The first-order chi connectivity index (χ1) is 13.2. The molecule has 6 heteroatoms. The number of carbonyl (C=O) groups is 2. The number of amides is 2. The first kappa shape index (κ1) is 18.0. The lowest BCUT2D eigenvalue weighted by molar-refractivity contribution is -0.130. The van der Waals surface area contributed by atoms with Crippen LogP contribution in [0.1, 0.15) is 38.5 Å². The van der Waals surface area contributed by atoms with Crippen molar-refractivity contribution in [3.05, 3.63) is 42.1 Å². The SMILES string of the molecule is O=C(C1=CCC(=O)N(c2ccccc2)N1)N1CCN(C2CCCCC2)CC1. The second-order valence-electron chi connectivity index (χ2n) is 7.62. The van der Waals surface area contributed by atoms with Crippen LogP contribution < -0.4 is 10.4 Å². The highest BCUT2D eigenvalue weighted by molar-refractivity contribution is 6.01. The first-order valence-corrected chi connectivity index (χ1v) is 10.1. The number of hydrazine groups is 1. The van der Waals surface area contributed by atoms with Gasteiger partial charge in [0.2, 0.25) is 5.91 Å². The average Bonchev–Trinajstić information content (AvgIpc) is 2.75. The Morgan fingerprint density at radius 3 is 2.37 bits per heavy atom. The molecule has 0 unspecified atom stereocenters. The summed E-state index contributed by atoms with van der Waals surface area (Å²) in [5, 5.41) is 1.48. The van der Waals surface area contributed by atoms with Gasteiger partial charge >= 0.3 is 0 Å². The molecule has 3 aliphatic rings. The zero-order valence-electron chi connectivity index (χ0n) is 15.8. The van der Waals surface area contributed by atoms with Crippen molar-refractivity contribution < 1.29 is 9.59 Å². The number of nitrogens with one attached hydrogen (secondary N) is 1. The predicted molar refractivity (Wildman–Crippen MR) is 105 cm³/mol. The molecule has 0 bridgehead atoms. The number of benzene rings is 1. The van der Waals surface area contributed by atoms with Gasteiger partial charge in [-0.15, -0.1) is 0 Å². The maximum atomic E-state index is 13.0. The summed E-state index contributed by atoms with van der Waals surface area (Å²) >= 11 is 0. The molecule has 0 spiro atoms. The van der Waals surface area contributed by atoms with Gasteiger partial charge in [0.1, 0.15) is 5.70 Å². The summed E-state index contributed by atoms with van der Waals surface area (Å²) in [5.41, 5.74) is 4.29. The zero-order chi connectivity index (χ0) is 18.6. The molecule has 1 aromatic carbocycles. The van der Waals surface area contributed by atoms with Gasteiger partial charge in [0.05, 0.1) is 5.69 Å². The summed E-state index contributed by atoms with van der Waals surface area (Å²) < 4.78 is 0. The Hall–Kier alpha value is -2.34. The maximum Gasteiger partial charge on any atom is 0.271 e. The van der Waals surface area contributed by atoms with Crippen LogP contribution >= 0.6 is 0 Å². The number of hydrogen-bond acceptors (Lipinski definition) is 4. The summed E-state index contributed by atoms with van der Waals surface area (Å²) in [5.74, 6) is -0.0633. The number of piperazine rings is 1. The van der Waals surface area contributed by atoms with Crippen LogP contribution in [0.5, 0.6) is 0 Å². The van der Waals surface area contributed by atoms with Crippen LogP contribution in [0, 0.1) is 0 Å². The minimum atomic E-state index is -0.0557. The summed E-state index contributed by atoms with van der Waals surface area (Å²) in [4.78, 5) is 29.7. The van der Waals surface area contributed by atoms with Crippen LogP contribution in [0.3, 0.4) is 0 Å². The number of rotatable bonds is 3. The minimum Gasteiger partial charge on any atom is -0.335 e. The molecule has 2 amide bonds. The third-order valence-electron chi connectivity index (χ3n) is 5.90. The number of carbonyl (C=O) groups excluding carboxylic acids is 2. The zero-order valence-corrected chi connectivity index (χ0v) is 15.8. The van der Waals surface area contributed by atoms with Crippen LogP contribution in [0.4, 0.5) is 5.69 Å². The standard InChI is InChI=1S/C21H28N4O2/c26-20-12-11-19(22-25(20)18-9-5-2-6-10-18)21(27)24-15-13-23(14-16-24)17-7-3-1-4-8-17/h2,5-6,9-11,17,22H,1,3-4,7-8,12-16H2. The van der Waals surface area contributed by atoms with E-state index in [1.807, 2.05) is 35.2 Å². The third-order valence-corrected chi connectivity index (χ3v) is 5.90. The van der Waals surface area contributed by atoms with Crippen LogP contribution in [0.2, 0.25) is 0 Å². The second-order valence-corrected chi connectivity index (χ2v) is 7.62. The molecule has 2 heterocycles. The Labute approximate surface area is 160 Å². The fraction of sp³-hybridized carbons (Fsp3) is 0.524. The summed E-state index contributed by atoms with van der Waals surface area (Å²) in [6, 6.07) is 10.1. The van der Waals surface area contributed by atoms with Crippen molar-refractivity contribution in [2.75, 3.05) is 31.2 Å².